The summed E-state index contributed by atoms with van der Waals surface area (Å²) in [7, 11) is 0. The Kier molecular flexibility index (Phi) is 9.68. The molecule has 0 bridgehead atoms. The summed E-state index contributed by atoms with van der Waals surface area (Å²) in [6.45, 7) is 0. The van der Waals surface area contributed by atoms with Gasteiger partial charge in [0.1, 0.15) is 23.0 Å². The third-order valence-corrected chi connectivity index (χ3v) is 8.28. The van der Waals surface area contributed by atoms with Crippen molar-refractivity contribution in [2.45, 2.75) is 0 Å². The van der Waals surface area contributed by atoms with Gasteiger partial charge in [0.05, 0.1) is 0 Å². The van der Waals surface area contributed by atoms with E-state index in [9.17, 15) is 10.2 Å². The Morgan fingerprint density at radius 1 is 0.325 bits per heavy atom. The Labute approximate surface area is 285 Å². The number of hydrogen-bond acceptors (Lipinski definition) is 6. The molecule has 202 valence electrons. The minimum atomic E-state index is -0.407. The first-order chi connectivity index (χ1) is 19.3. The van der Waals surface area contributed by atoms with E-state index in [1.807, 2.05) is 48.5 Å². The predicted octanol–water partition coefficient (Wildman–Crippen LogP) is 10.7. The second-order valence-corrected chi connectivity index (χ2v) is 13.2. The Morgan fingerprint density at radius 3 is 0.675 bits per heavy atom. The van der Waals surface area contributed by atoms with Gasteiger partial charge >= 0.3 is 0 Å². The van der Waals surface area contributed by atoms with E-state index in [2.05, 4.69) is 90.4 Å². The van der Waals surface area contributed by atoms with E-state index in [1.165, 1.54) is 0 Å². The van der Waals surface area contributed by atoms with Crippen LogP contribution in [0, 0.1) is 14.3 Å². The van der Waals surface area contributed by atoms with Crippen LogP contribution in [0.25, 0.3) is 0 Å². The molecule has 0 spiro atoms. The molecule has 0 fully saturated rings. The molecule has 0 unspecified atom stereocenters. The monoisotopic (exact) mass is 982 g/mol. The summed E-state index contributed by atoms with van der Waals surface area (Å²) < 4.78 is 28.5. The van der Waals surface area contributed by atoms with E-state index in [0.29, 0.717) is 23.0 Å². The molecule has 6 nitrogen and oxygen atoms in total. The molecule has 0 atom stereocenters. The summed E-state index contributed by atoms with van der Waals surface area (Å²) in [5.74, 6) is 0.360. The largest absolute Gasteiger partial charge is 0.501 e. The third-order valence-electron chi connectivity index (χ3n) is 5.41. The van der Waals surface area contributed by atoms with E-state index < -0.39 is 11.5 Å². The van der Waals surface area contributed by atoms with Crippen LogP contribution in [0.15, 0.2) is 97.1 Å². The molecule has 0 amide bonds. The summed E-state index contributed by atoms with van der Waals surface area (Å²) in [4.78, 5) is 0. The molecule has 5 aromatic rings. The van der Waals surface area contributed by atoms with Crippen molar-refractivity contribution >= 4 is 90.4 Å². The molecule has 40 heavy (non-hydrogen) atoms. The highest BCUT2D eigenvalue weighted by atomic mass is 127. The lowest BCUT2D eigenvalue weighted by atomic mass is 10.2. The Bertz CT molecular complexity index is 1380. The number of hydrogen-bond donors (Lipinski definition) is 2. The van der Waals surface area contributed by atoms with Crippen molar-refractivity contribution in [2.24, 2.45) is 0 Å². The third kappa shape index (κ3) is 7.17. The van der Waals surface area contributed by atoms with Crippen LogP contribution in [-0.4, -0.2) is 10.2 Å². The number of aromatic hydroxyl groups is 2. The van der Waals surface area contributed by atoms with Gasteiger partial charge in [-0.2, -0.15) is 0 Å². The maximum atomic E-state index is 11.6. The zero-order chi connectivity index (χ0) is 28.2. The van der Waals surface area contributed by atoms with Crippen LogP contribution in [-0.2, 0) is 0 Å². The average Bonchev–Trinajstić information content (AvgIpc) is 2.95. The van der Waals surface area contributed by atoms with Gasteiger partial charge in [0.25, 0.3) is 0 Å². The summed E-state index contributed by atoms with van der Waals surface area (Å²) in [5.41, 5.74) is 0. The van der Waals surface area contributed by atoms with Crippen molar-refractivity contribution in [1.82, 2.24) is 0 Å². The molecule has 0 saturated carbocycles. The van der Waals surface area contributed by atoms with E-state index in [-0.39, 0.29) is 23.0 Å². The second-order valence-electron chi connectivity index (χ2n) is 8.24. The molecular formula is C30H18I4O6. The Morgan fingerprint density at radius 2 is 0.500 bits per heavy atom. The molecule has 0 saturated heterocycles. The number of ether oxygens (including phenoxy) is 4. The van der Waals surface area contributed by atoms with Gasteiger partial charge in [0.15, 0.2) is 0 Å². The lowest BCUT2D eigenvalue weighted by molar-refractivity contribution is 0.318. The zero-order valence-corrected chi connectivity index (χ0v) is 28.9. The fourth-order valence-electron chi connectivity index (χ4n) is 3.50. The van der Waals surface area contributed by atoms with Gasteiger partial charge in [-0.15, -0.1) is 0 Å². The SMILES string of the molecule is Oc1c(Oc2ccc(I)cc2)c(Oc2ccc(I)cc2)c(O)c(Oc2ccc(I)cc2)c1Oc1ccc(I)cc1. The molecule has 0 aliphatic heterocycles. The fourth-order valence-corrected chi connectivity index (χ4v) is 4.94. The minimum Gasteiger partial charge on any atom is -0.501 e. The molecule has 0 radical (unpaired) electrons. The molecule has 0 heterocycles. The van der Waals surface area contributed by atoms with Gasteiger partial charge in [0.2, 0.25) is 34.5 Å². The van der Waals surface area contributed by atoms with Gasteiger partial charge in [-0.05, 0) is 187 Å². The zero-order valence-electron chi connectivity index (χ0n) is 20.3. The molecule has 0 aromatic heterocycles. The van der Waals surface area contributed by atoms with Crippen molar-refractivity contribution in [3.8, 4) is 57.5 Å². The summed E-state index contributed by atoms with van der Waals surface area (Å²) in [6.07, 6.45) is 0. The van der Waals surface area contributed by atoms with Gasteiger partial charge in [-0.3, -0.25) is 0 Å². The van der Waals surface area contributed by atoms with Crippen LogP contribution in [0.2, 0.25) is 0 Å². The predicted molar refractivity (Wildman–Crippen MR) is 187 cm³/mol. The smallest absolute Gasteiger partial charge is 0.219 e. The second kappa shape index (κ2) is 13.2. The standard InChI is InChI=1S/C30H18I4O6/c31-17-1-9-21(10-2-17)37-27-25(35)29(39-23-13-5-19(33)6-14-23)30(40-24-15-7-20(34)8-16-24)26(36)28(27)38-22-11-3-18(32)4-12-22/h1-16,35-36H. The molecule has 5 rings (SSSR count). The van der Waals surface area contributed by atoms with E-state index in [0.717, 1.165) is 14.3 Å². The van der Waals surface area contributed by atoms with Crippen LogP contribution in [0.3, 0.4) is 0 Å². The normalized spacial score (nSPS) is 10.7. The van der Waals surface area contributed by atoms with Crippen molar-refractivity contribution in [3.63, 3.8) is 0 Å². The molecule has 0 aliphatic rings. The molecular weight excluding hydrogens is 964 g/mol. The number of phenolic OH excluding ortho intramolecular Hbond substituents is 2. The summed E-state index contributed by atoms with van der Waals surface area (Å²) >= 11 is 8.77. The number of benzene rings is 5. The first kappa shape index (κ1) is 29.3. The van der Waals surface area contributed by atoms with Crippen molar-refractivity contribution < 1.29 is 29.2 Å². The number of phenols is 2. The first-order valence-electron chi connectivity index (χ1n) is 11.6. The molecule has 10 heteroatoms. The Balaban J connectivity index is 1.69. The van der Waals surface area contributed by atoms with Gasteiger partial charge in [-0.1, -0.05) is 0 Å². The van der Waals surface area contributed by atoms with Crippen molar-refractivity contribution in [2.75, 3.05) is 0 Å². The molecule has 0 aliphatic carbocycles. The fraction of sp³-hybridized carbons (Fsp3) is 0. The average molecular weight is 982 g/mol. The maximum absolute atomic E-state index is 11.6. The molecule has 5 aromatic carbocycles. The maximum Gasteiger partial charge on any atom is 0.219 e. The quantitative estimate of drug-likeness (QED) is 0.119. The summed E-state index contributed by atoms with van der Waals surface area (Å²) in [6, 6.07) is 28.9. The van der Waals surface area contributed by atoms with E-state index in [1.54, 1.807) is 48.5 Å². The van der Waals surface area contributed by atoms with E-state index in [4.69, 9.17) is 18.9 Å². The lowest BCUT2D eigenvalue weighted by Crippen LogP contribution is -1.98. The van der Waals surface area contributed by atoms with Gasteiger partial charge < -0.3 is 29.2 Å². The van der Waals surface area contributed by atoms with Crippen LogP contribution in [0.4, 0.5) is 0 Å². The minimum absolute atomic E-state index is 0.132. The first-order valence-corrected chi connectivity index (χ1v) is 15.9. The lowest BCUT2D eigenvalue weighted by Gasteiger charge is -2.21. The Hall–Kier alpha value is -2.18. The van der Waals surface area contributed by atoms with Crippen LogP contribution >= 0.6 is 90.4 Å². The molecule has 2 N–H and O–H groups in total. The topological polar surface area (TPSA) is 77.4 Å². The van der Waals surface area contributed by atoms with Crippen LogP contribution in [0.1, 0.15) is 0 Å². The number of rotatable bonds is 8. The highest BCUT2D eigenvalue weighted by Crippen LogP contribution is 2.60. The number of halogens is 4. The van der Waals surface area contributed by atoms with E-state index >= 15 is 0 Å². The summed E-state index contributed by atoms with van der Waals surface area (Å²) in [5, 5.41) is 23.2. The van der Waals surface area contributed by atoms with Gasteiger partial charge in [0, 0.05) is 14.3 Å². The van der Waals surface area contributed by atoms with Crippen LogP contribution in [0.5, 0.6) is 57.5 Å². The van der Waals surface area contributed by atoms with Crippen molar-refractivity contribution in [1.29, 1.82) is 0 Å². The van der Waals surface area contributed by atoms with Gasteiger partial charge in [-0.25, -0.2) is 0 Å². The highest BCUT2D eigenvalue weighted by molar-refractivity contribution is 14.1. The van der Waals surface area contributed by atoms with Crippen molar-refractivity contribution in [3.05, 3.63) is 111 Å². The highest BCUT2D eigenvalue weighted by Gasteiger charge is 2.31. The van der Waals surface area contributed by atoms with Crippen LogP contribution < -0.4 is 18.9 Å².